The Morgan fingerprint density at radius 1 is 1.10 bits per heavy atom. The summed E-state index contributed by atoms with van der Waals surface area (Å²) in [6.45, 7) is 4.71. The van der Waals surface area contributed by atoms with Crippen molar-refractivity contribution in [2.45, 2.75) is 31.7 Å². The molecular formula is C22H31IN4O2S. The molecule has 0 aromatic heterocycles. The third kappa shape index (κ3) is 7.46. The smallest absolute Gasteiger partial charge is 0.191 e. The summed E-state index contributed by atoms with van der Waals surface area (Å²) >= 11 is 0. The lowest BCUT2D eigenvalue weighted by atomic mass is 10.1. The van der Waals surface area contributed by atoms with E-state index >= 15 is 0 Å². The van der Waals surface area contributed by atoms with E-state index in [-0.39, 0.29) is 29.7 Å². The number of rotatable bonds is 6. The number of guanidine groups is 1. The predicted octanol–water partition coefficient (Wildman–Crippen LogP) is 3.10. The average molecular weight is 542 g/mol. The molecule has 0 bridgehead atoms. The molecule has 1 saturated heterocycles. The number of hydrogen-bond donors (Lipinski definition) is 2. The van der Waals surface area contributed by atoms with Gasteiger partial charge in [-0.1, -0.05) is 42.0 Å². The summed E-state index contributed by atoms with van der Waals surface area (Å²) in [7, 11) is -1.23. The highest BCUT2D eigenvalue weighted by Crippen LogP contribution is 2.20. The molecule has 2 N–H and O–H groups in total. The number of hydrogen-bond acceptors (Lipinski definition) is 4. The van der Waals surface area contributed by atoms with E-state index in [4.69, 9.17) is 0 Å². The monoisotopic (exact) mass is 542 g/mol. The van der Waals surface area contributed by atoms with Crippen LogP contribution in [-0.4, -0.2) is 46.8 Å². The molecule has 1 fully saturated rings. The highest BCUT2D eigenvalue weighted by molar-refractivity contribution is 14.0. The van der Waals surface area contributed by atoms with Gasteiger partial charge in [-0.2, -0.15) is 0 Å². The molecule has 1 atom stereocenters. The molecular weight excluding hydrogens is 511 g/mol. The number of anilines is 1. The number of nitrogens with one attached hydrogen (secondary N) is 2. The standard InChI is InChI=1S/C22H30N4O2S.HI/c1-17-4-10-21(11-5-17)26-13-12-20(15-26)25-22(23-2)24-14-18-6-8-19(9-7-18)16-29(3,27)28;/h4-11,20H,12-16H2,1-3H3,(H2,23,24,25);1H. The van der Waals surface area contributed by atoms with E-state index in [0.29, 0.717) is 12.6 Å². The van der Waals surface area contributed by atoms with Crippen LogP contribution in [0, 0.1) is 6.92 Å². The number of sulfone groups is 1. The molecule has 164 valence electrons. The van der Waals surface area contributed by atoms with Crippen molar-refractivity contribution in [1.29, 1.82) is 0 Å². The lowest BCUT2D eigenvalue weighted by Gasteiger charge is -2.20. The Bertz CT molecular complexity index is 944. The van der Waals surface area contributed by atoms with Crippen molar-refractivity contribution < 1.29 is 8.42 Å². The van der Waals surface area contributed by atoms with Crippen molar-refractivity contribution in [3.05, 3.63) is 65.2 Å². The first-order chi connectivity index (χ1) is 13.8. The normalized spacial score (nSPS) is 16.8. The lowest BCUT2D eigenvalue weighted by molar-refractivity contribution is 0.601. The molecule has 1 aliphatic heterocycles. The Hall–Kier alpha value is -1.81. The van der Waals surface area contributed by atoms with E-state index in [0.717, 1.165) is 36.6 Å². The Balaban J connectivity index is 0.00000320. The molecule has 0 spiro atoms. The third-order valence-corrected chi connectivity index (χ3v) is 5.92. The zero-order chi connectivity index (χ0) is 20.9. The van der Waals surface area contributed by atoms with Crippen molar-refractivity contribution in [3.8, 4) is 0 Å². The third-order valence-electron chi connectivity index (χ3n) is 5.06. The van der Waals surface area contributed by atoms with Gasteiger partial charge in [0.1, 0.15) is 0 Å². The quantitative estimate of drug-likeness (QED) is 0.334. The van der Waals surface area contributed by atoms with Crippen LogP contribution in [0.2, 0.25) is 0 Å². The fourth-order valence-corrected chi connectivity index (χ4v) is 4.30. The van der Waals surface area contributed by atoms with Crippen molar-refractivity contribution in [2.75, 3.05) is 31.3 Å². The summed E-state index contributed by atoms with van der Waals surface area (Å²) in [5.41, 5.74) is 4.42. The van der Waals surface area contributed by atoms with Gasteiger partial charge in [0, 0.05) is 44.7 Å². The zero-order valence-electron chi connectivity index (χ0n) is 17.8. The van der Waals surface area contributed by atoms with Crippen molar-refractivity contribution in [2.24, 2.45) is 4.99 Å². The van der Waals surface area contributed by atoms with E-state index in [2.05, 4.69) is 51.7 Å². The van der Waals surface area contributed by atoms with Gasteiger partial charge in [-0.05, 0) is 36.6 Å². The predicted molar refractivity (Wildman–Crippen MR) is 136 cm³/mol. The summed E-state index contributed by atoms with van der Waals surface area (Å²) in [5, 5.41) is 6.85. The second-order valence-corrected chi connectivity index (χ2v) is 9.86. The summed E-state index contributed by atoms with van der Waals surface area (Å²) < 4.78 is 22.8. The molecule has 2 aromatic rings. The number of halogens is 1. The van der Waals surface area contributed by atoms with Crippen LogP contribution >= 0.6 is 24.0 Å². The van der Waals surface area contributed by atoms with E-state index in [1.807, 2.05) is 24.3 Å². The Morgan fingerprint density at radius 3 is 2.33 bits per heavy atom. The molecule has 0 aliphatic carbocycles. The van der Waals surface area contributed by atoms with Gasteiger partial charge in [-0.25, -0.2) is 8.42 Å². The molecule has 1 aliphatic rings. The maximum Gasteiger partial charge on any atom is 0.191 e. The van der Waals surface area contributed by atoms with Gasteiger partial charge in [-0.3, -0.25) is 4.99 Å². The van der Waals surface area contributed by atoms with Crippen LogP contribution in [0.3, 0.4) is 0 Å². The summed E-state index contributed by atoms with van der Waals surface area (Å²) in [6, 6.07) is 16.6. The highest BCUT2D eigenvalue weighted by Gasteiger charge is 2.23. The van der Waals surface area contributed by atoms with Gasteiger partial charge in [0.05, 0.1) is 5.75 Å². The fraction of sp³-hybridized carbons (Fsp3) is 0.409. The molecule has 0 amide bonds. The zero-order valence-corrected chi connectivity index (χ0v) is 20.9. The number of nitrogens with zero attached hydrogens (tertiary/aromatic N) is 2. The number of benzene rings is 2. The number of aliphatic imine (C=N–C) groups is 1. The van der Waals surface area contributed by atoms with Crippen LogP contribution in [0.4, 0.5) is 5.69 Å². The molecule has 1 unspecified atom stereocenters. The van der Waals surface area contributed by atoms with E-state index < -0.39 is 9.84 Å². The molecule has 2 aromatic carbocycles. The largest absolute Gasteiger partial charge is 0.369 e. The van der Waals surface area contributed by atoms with Gasteiger partial charge >= 0.3 is 0 Å². The molecule has 8 heteroatoms. The van der Waals surface area contributed by atoms with Gasteiger partial charge in [-0.15, -0.1) is 24.0 Å². The van der Waals surface area contributed by atoms with Crippen molar-refractivity contribution >= 4 is 45.5 Å². The Morgan fingerprint density at radius 2 is 1.73 bits per heavy atom. The van der Waals surface area contributed by atoms with Crippen molar-refractivity contribution in [3.63, 3.8) is 0 Å². The SMILES string of the molecule is CN=C(NCc1ccc(CS(C)(=O)=O)cc1)NC1CCN(c2ccc(C)cc2)C1.I. The van der Waals surface area contributed by atoms with Crippen molar-refractivity contribution in [1.82, 2.24) is 10.6 Å². The van der Waals surface area contributed by atoms with Crippen LogP contribution in [-0.2, 0) is 22.1 Å². The maximum atomic E-state index is 11.4. The van der Waals surface area contributed by atoms with Gasteiger partial charge < -0.3 is 15.5 Å². The molecule has 30 heavy (non-hydrogen) atoms. The van der Waals surface area contributed by atoms with Crippen LogP contribution in [0.15, 0.2) is 53.5 Å². The van der Waals surface area contributed by atoms with Gasteiger partial charge in [0.15, 0.2) is 15.8 Å². The minimum atomic E-state index is -3.01. The first-order valence-electron chi connectivity index (χ1n) is 9.87. The van der Waals surface area contributed by atoms with Crippen LogP contribution in [0.25, 0.3) is 0 Å². The second-order valence-electron chi connectivity index (χ2n) is 7.72. The first kappa shape index (κ1) is 24.5. The average Bonchev–Trinajstić information content (AvgIpc) is 3.14. The Kier molecular flexibility index (Phi) is 8.96. The molecule has 1 heterocycles. The number of aryl methyl sites for hydroxylation is 1. The lowest BCUT2D eigenvalue weighted by Crippen LogP contribution is -2.44. The van der Waals surface area contributed by atoms with Crippen LogP contribution in [0.1, 0.15) is 23.1 Å². The second kappa shape index (κ2) is 11.0. The van der Waals surface area contributed by atoms with E-state index in [1.165, 1.54) is 17.5 Å². The summed E-state index contributed by atoms with van der Waals surface area (Å²) in [4.78, 5) is 6.73. The fourth-order valence-electron chi connectivity index (χ4n) is 3.50. The minimum Gasteiger partial charge on any atom is -0.369 e. The molecule has 0 saturated carbocycles. The first-order valence-corrected chi connectivity index (χ1v) is 11.9. The van der Waals surface area contributed by atoms with E-state index in [1.54, 1.807) is 7.05 Å². The molecule has 0 radical (unpaired) electrons. The van der Waals surface area contributed by atoms with E-state index in [9.17, 15) is 8.42 Å². The van der Waals surface area contributed by atoms with Crippen LogP contribution in [0.5, 0.6) is 0 Å². The summed E-state index contributed by atoms with van der Waals surface area (Å²) in [5.74, 6) is 0.851. The van der Waals surface area contributed by atoms with Gasteiger partial charge in [0.2, 0.25) is 0 Å². The topological polar surface area (TPSA) is 73.8 Å². The van der Waals surface area contributed by atoms with Gasteiger partial charge in [0.25, 0.3) is 0 Å². The Labute approximate surface area is 197 Å². The highest BCUT2D eigenvalue weighted by atomic mass is 127. The molecule has 3 rings (SSSR count). The minimum absolute atomic E-state index is 0. The summed E-state index contributed by atoms with van der Waals surface area (Å²) in [6.07, 6.45) is 2.32. The maximum absolute atomic E-state index is 11.4. The van der Waals surface area contributed by atoms with Crippen LogP contribution < -0.4 is 15.5 Å². The molecule has 6 nitrogen and oxygen atoms in total.